The summed E-state index contributed by atoms with van der Waals surface area (Å²) in [7, 11) is 0. The van der Waals surface area contributed by atoms with Crippen LogP contribution in [0.15, 0.2) is 47.1 Å². The first-order valence-electron chi connectivity index (χ1n) is 6.51. The zero-order valence-electron chi connectivity index (χ0n) is 11.4. The Kier molecular flexibility index (Phi) is 3.51. The largest absolute Gasteiger partial charge is 0.478 e. The zero-order chi connectivity index (χ0) is 14.7. The van der Waals surface area contributed by atoms with Crippen LogP contribution < -0.4 is 10.1 Å². The molecule has 0 aliphatic carbocycles. The lowest BCUT2D eigenvalue weighted by Crippen LogP contribution is -2.12. The van der Waals surface area contributed by atoms with Crippen LogP contribution in [0.2, 0.25) is 0 Å². The first kappa shape index (κ1) is 13.1. The van der Waals surface area contributed by atoms with Crippen molar-refractivity contribution in [3.05, 3.63) is 48.5 Å². The molecule has 6 nitrogen and oxygen atoms in total. The number of furan rings is 1. The molecule has 0 radical (unpaired) electrons. The van der Waals surface area contributed by atoms with Gasteiger partial charge in [-0.2, -0.15) is 0 Å². The second-order valence-electron chi connectivity index (χ2n) is 4.28. The Morgan fingerprint density at radius 2 is 2.14 bits per heavy atom. The molecule has 1 N–H and O–H groups in total. The SMILES string of the molecule is CCOc1cc(NC(=O)c2cc3ccccc3o2)ncn1. The Balaban J connectivity index is 1.80. The minimum absolute atomic E-state index is 0.229. The highest BCUT2D eigenvalue weighted by molar-refractivity contribution is 6.04. The van der Waals surface area contributed by atoms with Gasteiger partial charge in [0, 0.05) is 11.5 Å². The molecule has 0 fully saturated rings. The summed E-state index contributed by atoms with van der Waals surface area (Å²) >= 11 is 0. The second kappa shape index (κ2) is 5.62. The molecule has 106 valence electrons. The van der Waals surface area contributed by atoms with Gasteiger partial charge in [0.15, 0.2) is 5.76 Å². The number of anilines is 1. The monoisotopic (exact) mass is 283 g/mol. The number of benzene rings is 1. The van der Waals surface area contributed by atoms with Gasteiger partial charge in [-0.05, 0) is 19.1 Å². The van der Waals surface area contributed by atoms with Gasteiger partial charge in [0.2, 0.25) is 5.88 Å². The number of carbonyl (C=O) groups excluding carboxylic acids is 1. The number of fused-ring (bicyclic) bond motifs is 1. The minimum atomic E-state index is -0.368. The molecule has 0 unspecified atom stereocenters. The van der Waals surface area contributed by atoms with Gasteiger partial charge in [-0.25, -0.2) is 9.97 Å². The van der Waals surface area contributed by atoms with Crippen molar-refractivity contribution in [1.29, 1.82) is 0 Å². The van der Waals surface area contributed by atoms with E-state index in [0.29, 0.717) is 23.9 Å². The molecule has 0 bridgehead atoms. The fraction of sp³-hybridized carbons (Fsp3) is 0.133. The Morgan fingerprint density at radius 1 is 1.29 bits per heavy atom. The average molecular weight is 283 g/mol. The first-order valence-corrected chi connectivity index (χ1v) is 6.51. The van der Waals surface area contributed by atoms with Crippen LogP contribution >= 0.6 is 0 Å². The van der Waals surface area contributed by atoms with E-state index >= 15 is 0 Å². The number of ether oxygens (including phenoxy) is 1. The fourth-order valence-electron chi connectivity index (χ4n) is 1.91. The normalized spacial score (nSPS) is 10.5. The third kappa shape index (κ3) is 2.84. The molecule has 0 atom stereocenters. The van der Waals surface area contributed by atoms with Gasteiger partial charge in [-0.15, -0.1) is 0 Å². The van der Waals surface area contributed by atoms with E-state index in [1.54, 1.807) is 12.1 Å². The lowest BCUT2D eigenvalue weighted by Gasteiger charge is -2.04. The molecule has 0 spiro atoms. The highest BCUT2D eigenvalue weighted by Crippen LogP contribution is 2.20. The van der Waals surface area contributed by atoms with Gasteiger partial charge in [-0.1, -0.05) is 18.2 Å². The fourth-order valence-corrected chi connectivity index (χ4v) is 1.91. The van der Waals surface area contributed by atoms with Crippen LogP contribution in [0, 0.1) is 0 Å². The molecule has 0 aliphatic rings. The lowest BCUT2D eigenvalue weighted by atomic mass is 10.2. The van der Waals surface area contributed by atoms with E-state index in [4.69, 9.17) is 9.15 Å². The Bertz CT molecular complexity index is 749. The van der Waals surface area contributed by atoms with Crippen LogP contribution in [0.5, 0.6) is 5.88 Å². The van der Waals surface area contributed by atoms with Crippen LogP contribution in [0.1, 0.15) is 17.5 Å². The maximum Gasteiger partial charge on any atom is 0.292 e. The van der Waals surface area contributed by atoms with Crippen LogP contribution in [-0.2, 0) is 0 Å². The molecule has 3 rings (SSSR count). The van der Waals surface area contributed by atoms with Crippen molar-refractivity contribution >= 4 is 22.7 Å². The minimum Gasteiger partial charge on any atom is -0.478 e. The number of hydrogen-bond acceptors (Lipinski definition) is 5. The van der Waals surface area contributed by atoms with E-state index < -0.39 is 0 Å². The molecule has 0 saturated heterocycles. The van der Waals surface area contributed by atoms with E-state index in [1.165, 1.54) is 6.33 Å². The summed E-state index contributed by atoms with van der Waals surface area (Å²) in [5.41, 5.74) is 0.667. The van der Waals surface area contributed by atoms with Crippen molar-refractivity contribution in [2.45, 2.75) is 6.92 Å². The van der Waals surface area contributed by atoms with Gasteiger partial charge in [0.05, 0.1) is 6.61 Å². The number of para-hydroxylation sites is 1. The third-order valence-corrected chi connectivity index (χ3v) is 2.83. The van der Waals surface area contributed by atoms with Crippen LogP contribution in [-0.4, -0.2) is 22.5 Å². The lowest BCUT2D eigenvalue weighted by molar-refractivity contribution is 0.0998. The van der Waals surface area contributed by atoms with Crippen molar-refractivity contribution < 1.29 is 13.9 Å². The number of nitrogens with one attached hydrogen (secondary N) is 1. The summed E-state index contributed by atoms with van der Waals surface area (Å²) in [6.07, 6.45) is 1.33. The van der Waals surface area contributed by atoms with E-state index in [1.807, 2.05) is 31.2 Å². The van der Waals surface area contributed by atoms with Gasteiger partial charge in [0.25, 0.3) is 5.91 Å². The van der Waals surface area contributed by atoms with Gasteiger partial charge in [0.1, 0.15) is 17.7 Å². The summed E-state index contributed by atoms with van der Waals surface area (Å²) in [5.74, 6) is 0.631. The second-order valence-corrected chi connectivity index (χ2v) is 4.28. The zero-order valence-corrected chi connectivity index (χ0v) is 11.4. The molecular weight excluding hydrogens is 270 g/mol. The molecule has 21 heavy (non-hydrogen) atoms. The summed E-state index contributed by atoms with van der Waals surface area (Å²) in [5, 5.41) is 3.53. The van der Waals surface area contributed by atoms with Gasteiger partial charge in [-0.3, -0.25) is 4.79 Å². The Morgan fingerprint density at radius 3 is 2.95 bits per heavy atom. The summed E-state index contributed by atoms with van der Waals surface area (Å²) in [6, 6.07) is 10.7. The first-order chi connectivity index (χ1) is 10.3. The molecule has 0 aliphatic heterocycles. The predicted molar refractivity (Wildman–Crippen MR) is 77.4 cm³/mol. The maximum atomic E-state index is 12.1. The summed E-state index contributed by atoms with van der Waals surface area (Å²) < 4.78 is 10.7. The topological polar surface area (TPSA) is 77.2 Å². The summed E-state index contributed by atoms with van der Waals surface area (Å²) in [6.45, 7) is 2.35. The number of nitrogens with zero attached hydrogens (tertiary/aromatic N) is 2. The Hall–Kier alpha value is -2.89. The smallest absolute Gasteiger partial charge is 0.292 e. The van der Waals surface area contributed by atoms with E-state index in [2.05, 4.69) is 15.3 Å². The van der Waals surface area contributed by atoms with E-state index in [9.17, 15) is 4.79 Å². The van der Waals surface area contributed by atoms with Gasteiger partial charge >= 0.3 is 0 Å². The number of hydrogen-bond donors (Lipinski definition) is 1. The maximum absolute atomic E-state index is 12.1. The molecule has 1 aromatic carbocycles. The number of amides is 1. The number of rotatable bonds is 4. The molecular formula is C15H13N3O3. The van der Waals surface area contributed by atoms with Crippen LogP contribution in [0.4, 0.5) is 5.82 Å². The van der Waals surface area contributed by atoms with Crippen molar-refractivity contribution in [3.63, 3.8) is 0 Å². The third-order valence-electron chi connectivity index (χ3n) is 2.83. The number of carbonyl (C=O) groups is 1. The molecule has 0 saturated carbocycles. The van der Waals surface area contributed by atoms with Crippen LogP contribution in [0.3, 0.4) is 0 Å². The van der Waals surface area contributed by atoms with E-state index in [-0.39, 0.29) is 11.7 Å². The average Bonchev–Trinajstić information content (AvgIpc) is 2.92. The molecule has 3 aromatic rings. The van der Waals surface area contributed by atoms with Crippen molar-refractivity contribution in [1.82, 2.24) is 9.97 Å². The molecule has 1 amide bonds. The quantitative estimate of drug-likeness (QED) is 0.796. The standard InChI is InChI=1S/C15H13N3O3/c1-2-20-14-8-13(16-9-17-14)18-15(19)12-7-10-5-3-4-6-11(10)21-12/h3-9H,2H2,1H3,(H,16,17,18,19). The van der Waals surface area contributed by atoms with Crippen molar-refractivity contribution in [3.8, 4) is 5.88 Å². The van der Waals surface area contributed by atoms with Crippen LogP contribution in [0.25, 0.3) is 11.0 Å². The Labute approximate surface area is 120 Å². The highest BCUT2D eigenvalue weighted by Gasteiger charge is 2.13. The molecule has 2 heterocycles. The predicted octanol–water partition coefficient (Wildman–Crippen LogP) is 2.87. The molecule has 6 heteroatoms. The molecule has 2 aromatic heterocycles. The van der Waals surface area contributed by atoms with Crippen molar-refractivity contribution in [2.75, 3.05) is 11.9 Å². The number of aromatic nitrogens is 2. The van der Waals surface area contributed by atoms with Gasteiger partial charge < -0.3 is 14.5 Å². The van der Waals surface area contributed by atoms with E-state index in [0.717, 1.165) is 5.39 Å². The highest BCUT2D eigenvalue weighted by atomic mass is 16.5. The summed E-state index contributed by atoms with van der Waals surface area (Å²) in [4.78, 5) is 20.1. The van der Waals surface area contributed by atoms with Crippen molar-refractivity contribution in [2.24, 2.45) is 0 Å².